The number of nitrogens with zero attached hydrogens (tertiary/aromatic N) is 2. The van der Waals surface area contributed by atoms with E-state index in [-0.39, 0.29) is 36.4 Å². The van der Waals surface area contributed by atoms with Gasteiger partial charge in [0.1, 0.15) is 11.2 Å². The van der Waals surface area contributed by atoms with Crippen molar-refractivity contribution in [3.05, 3.63) is 34.3 Å². The van der Waals surface area contributed by atoms with Crippen LogP contribution in [-0.2, 0) is 28.7 Å². The van der Waals surface area contributed by atoms with Crippen molar-refractivity contribution in [3.63, 3.8) is 0 Å². The van der Waals surface area contributed by atoms with Crippen molar-refractivity contribution in [2.45, 2.75) is 95.6 Å². The molecule has 2 saturated carbocycles. The number of fused-ring (bicyclic) bond motifs is 2. The van der Waals surface area contributed by atoms with Crippen LogP contribution in [0.5, 0.6) is 0 Å². The number of nitrogens with one attached hydrogen (secondary N) is 1. The number of ether oxygens (including phenoxy) is 1. The van der Waals surface area contributed by atoms with Crippen molar-refractivity contribution in [3.8, 4) is 0 Å². The zero-order chi connectivity index (χ0) is 24.7. The predicted molar refractivity (Wildman–Crippen MR) is 114 cm³/mol. The van der Waals surface area contributed by atoms with Gasteiger partial charge in [0, 0.05) is 11.6 Å². The van der Waals surface area contributed by atoms with Crippen LogP contribution in [-0.4, -0.2) is 34.1 Å². The lowest BCUT2D eigenvalue weighted by molar-refractivity contribution is -0.617. The van der Waals surface area contributed by atoms with Gasteiger partial charge >= 0.3 is 12.3 Å². The van der Waals surface area contributed by atoms with Gasteiger partial charge in [0.15, 0.2) is 11.9 Å². The maximum Gasteiger partial charge on any atom is 0.422 e. The molecule has 1 aromatic rings. The molecule has 5 rings (SSSR count). The highest BCUT2D eigenvalue weighted by Gasteiger charge is 2.70. The Kier molecular flexibility index (Phi) is 4.95. The van der Waals surface area contributed by atoms with Gasteiger partial charge < -0.3 is 20.2 Å². The zero-order valence-corrected chi connectivity index (χ0v) is 19.6. The Hall–Kier alpha value is -2.52. The van der Waals surface area contributed by atoms with Gasteiger partial charge in [-0.3, -0.25) is 4.79 Å². The largest absolute Gasteiger partial charge is 0.618 e. The van der Waals surface area contributed by atoms with Gasteiger partial charge in [-0.2, -0.15) is 17.9 Å². The van der Waals surface area contributed by atoms with E-state index in [9.17, 15) is 28.0 Å². The Morgan fingerprint density at radius 3 is 2.68 bits per heavy atom. The second kappa shape index (κ2) is 7.24. The van der Waals surface area contributed by atoms with Crippen LogP contribution >= 0.6 is 0 Å². The highest BCUT2D eigenvalue weighted by molar-refractivity contribution is 5.88. The number of aromatic nitrogens is 1. The summed E-state index contributed by atoms with van der Waals surface area (Å²) in [5.74, 6) is -0.0421. The highest BCUT2D eigenvalue weighted by atomic mass is 19.4. The summed E-state index contributed by atoms with van der Waals surface area (Å²) in [5.41, 5.74) is -2.23. The number of amides is 2. The third-order valence-electron chi connectivity index (χ3n) is 8.25. The second-order valence-electron chi connectivity index (χ2n) is 11.4. The van der Waals surface area contributed by atoms with Gasteiger partial charge in [-0.15, -0.1) is 0 Å². The van der Waals surface area contributed by atoms with Gasteiger partial charge in [0.25, 0.3) is 0 Å². The van der Waals surface area contributed by atoms with E-state index in [0.717, 1.165) is 25.3 Å². The Morgan fingerprint density at radius 2 is 2.00 bits per heavy atom. The molecule has 186 valence electrons. The number of alkyl halides is 3. The molecule has 2 aliphatic heterocycles. The maximum absolute atomic E-state index is 13.9. The van der Waals surface area contributed by atoms with Gasteiger partial charge in [-0.1, -0.05) is 6.42 Å². The molecule has 3 fully saturated rings. The van der Waals surface area contributed by atoms with E-state index in [4.69, 9.17) is 4.74 Å². The van der Waals surface area contributed by atoms with Gasteiger partial charge in [0.05, 0.1) is 23.9 Å². The molecule has 3 heterocycles. The summed E-state index contributed by atoms with van der Waals surface area (Å²) in [4.78, 5) is 28.0. The van der Waals surface area contributed by atoms with Crippen molar-refractivity contribution in [2.75, 3.05) is 0 Å². The van der Waals surface area contributed by atoms with Crippen molar-refractivity contribution in [2.24, 2.45) is 11.3 Å². The van der Waals surface area contributed by atoms with Crippen LogP contribution < -0.4 is 10.0 Å². The average molecular weight is 482 g/mol. The second-order valence-corrected chi connectivity index (χ2v) is 11.4. The summed E-state index contributed by atoms with van der Waals surface area (Å²) in [7, 11) is 0. The molecule has 1 N–H and O–H groups in total. The smallest absolute Gasteiger partial charge is 0.422 e. The van der Waals surface area contributed by atoms with E-state index < -0.39 is 34.4 Å². The van der Waals surface area contributed by atoms with Crippen molar-refractivity contribution in [1.29, 1.82) is 0 Å². The number of halogens is 3. The topological polar surface area (TPSA) is 85.6 Å². The number of carbonyl (C=O) groups is 2. The fourth-order valence-corrected chi connectivity index (χ4v) is 7.11. The summed E-state index contributed by atoms with van der Waals surface area (Å²) < 4.78 is 45.7. The molecule has 0 aromatic carbocycles. The molecule has 0 radical (unpaired) electrons. The van der Waals surface area contributed by atoms with E-state index in [1.807, 2.05) is 0 Å². The average Bonchev–Trinajstić information content (AvgIpc) is 3.34. The van der Waals surface area contributed by atoms with Crippen LogP contribution in [0.2, 0.25) is 0 Å². The monoisotopic (exact) mass is 481 g/mol. The van der Waals surface area contributed by atoms with E-state index >= 15 is 0 Å². The van der Waals surface area contributed by atoms with Crippen LogP contribution in [0.25, 0.3) is 0 Å². The number of hydrogen-bond acceptors (Lipinski definition) is 4. The first-order valence-corrected chi connectivity index (χ1v) is 11.9. The SMILES string of the molecule is CC(C)(C)OC(=O)N[C@@H]1CC[C@@]2(C1)C(=O)N1Cc3cc(C(F)(F)F)c[n+]([O-])c3CC13CCCC32. The summed E-state index contributed by atoms with van der Waals surface area (Å²) in [5, 5.41) is 15.5. The lowest BCUT2D eigenvalue weighted by atomic mass is 9.68. The molecule has 1 saturated heterocycles. The molecule has 34 heavy (non-hydrogen) atoms. The standard InChI is InChI=1S/C24H30F3N3O4/c1-21(2,3)34-20(32)28-16-6-8-22(10-16)18-5-4-7-23(18)11-17-14(12-29(23)19(22)31)9-15(13-30(17)33)24(25,26)27/h9,13,16,18H,4-8,10-12H2,1-3H3,(H,28,32)/t16-,18?,22+,23?/m1/s1. The first-order valence-electron chi connectivity index (χ1n) is 11.9. The Morgan fingerprint density at radius 1 is 1.26 bits per heavy atom. The first-order chi connectivity index (χ1) is 15.8. The van der Waals surface area contributed by atoms with Crippen molar-refractivity contribution < 1.29 is 32.2 Å². The molecule has 2 spiro atoms. The van der Waals surface area contributed by atoms with Gasteiger partial charge in [-0.05, 0) is 64.9 Å². The number of alkyl carbamates (subject to hydrolysis) is 1. The van der Waals surface area contributed by atoms with Crippen LogP contribution in [0.15, 0.2) is 12.3 Å². The molecule has 10 heteroatoms. The summed E-state index contributed by atoms with van der Waals surface area (Å²) in [6.45, 7) is 5.37. The molecular weight excluding hydrogens is 451 g/mol. The van der Waals surface area contributed by atoms with Crippen LogP contribution in [0, 0.1) is 16.5 Å². The van der Waals surface area contributed by atoms with E-state index in [0.29, 0.717) is 35.9 Å². The van der Waals surface area contributed by atoms with E-state index in [1.54, 1.807) is 25.7 Å². The normalized spacial score (nSPS) is 32.5. The number of rotatable bonds is 1. The zero-order valence-electron chi connectivity index (χ0n) is 19.6. The Balaban J connectivity index is 1.44. The molecule has 2 unspecified atom stereocenters. The summed E-state index contributed by atoms with van der Waals surface area (Å²) in [6, 6.07) is 0.807. The minimum absolute atomic E-state index is 0.00776. The Bertz CT molecular complexity index is 1050. The molecule has 2 aliphatic carbocycles. The summed E-state index contributed by atoms with van der Waals surface area (Å²) in [6.07, 6.45) is -0.0806. The number of hydrogen-bond donors (Lipinski definition) is 1. The molecule has 7 nitrogen and oxygen atoms in total. The minimum atomic E-state index is -4.63. The predicted octanol–water partition coefficient (Wildman–Crippen LogP) is 3.84. The maximum atomic E-state index is 13.9. The fraction of sp³-hybridized carbons (Fsp3) is 0.708. The van der Waals surface area contributed by atoms with Crippen LogP contribution in [0.4, 0.5) is 18.0 Å². The molecule has 4 aliphatic rings. The van der Waals surface area contributed by atoms with Crippen LogP contribution in [0.3, 0.4) is 0 Å². The third-order valence-corrected chi connectivity index (χ3v) is 8.25. The molecule has 2 amide bonds. The lowest BCUT2D eigenvalue weighted by Gasteiger charge is -2.42. The summed E-state index contributed by atoms with van der Waals surface area (Å²) >= 11 is 0. The first kappa shape index (κ1) is 23.2. The Labute approximate surface area is 196 Å². The van der Waals surface area contributed by atoms with Gasteiger partial charge in [-0.25, -0.2) is 4.79 Å². The minimum Gasteiger partial charge on any atom is -0.618 e. The van der Waals surface area contributed by atoms with Crippen molar-refractivity contribution >= 4 is 12.0 Å². The highest BCUT2D eigenvalue weighted by Crippen LogP contribution is 2.64. The molecule has 1 aromatic heterocycles. The quantitative estimate of drug-likeness (QED) is 0.488. The third kappa shape index (κ3) is 3.43. The molecular formula is C24H30F3N3O4. The van der Waals surface area contributed by atoms with E-state index in [2.05, 4.69) is 5.32 Å². The van der Waals surface area contributed by atoms with Gasteiger partial charge in [0.2, 0.25) is 5.91 Å². The lowest BCUT2D eigenvalue weighted by Crippen LogP contribution is -2.54. The number of carbonyl (C=O) groups excluding carboxylic acids is 2. The van der Waals surface area contributed by atoms with Crippen LogP contribution in [0.1, 0.15) is 76.1 Å². The van der Waals surface area contributed by atoms with Crippen molar-refractivity contribution in [1.82, 2.24) is 10.2 Å². The number of pyridine rings is 1. The molecule has 0 bridgehead atoms. The fourth-order valence-electron chi connectivity index (χ4n) is 7.11. The van der Waals surface area contributed by atoms with E-state index in [1.165, 1.54) is 0 Å². The molecule has 4 atom stereocenters.